The molecule has 0 unspecified atom stereocenters. The Labute approximate surface area is 120 Å². The molecule has 2 aromatic rings. The molecule has 11 heteroatoms. The quantitative estimate of drug-likeness (QED) is 0.873. The van der Waals surface area contributed by atoms with Gasteiger partial charge < -0.3 is 0 Å². The Morgan fingerprint density at radius 1 is 0.955 bits per heavy atom. The van der Waals surface area contributed by atoms with Gasteiger partial charge >= 0.3 is 6.18 Å². The zero-order chi connectivity index (χ0) is 16.5. The van der Waals surface area contributed by atoms with Crippen LogP contribution in [0.2, 0.25) is 0 Å². The number of nitrogens with zero attached hydrogens (tertiary/aromatic N) is 2. The van der Waals surface area contributed by atoms with E-state index in [-0.39, 0.29) is 0 Å². The Hall–Kier alpha value is -2.30. The van der Waals surface area contributed by atoms with Crippen LogP contribution < -0.4 is 4.72 Å². The van der Waals surface area contributed by atoms with Crippen molar-refractivity contribution in [2.75, 3.05) is 4.72 Å². The van der Waals surface area contributed by atoms with E-state index in [1.54, 1.807) is 4.72 Å². The van der Waals surface area contributed by atoms with Crippen LogP contribution in [0.25, 0.3) is 0 Å². The summed E-state index contributed by atoms with van der Waals surface area (Å²) in [5.74, 6) is -2.78. The summed E-state index contributed by atoms with van der Waals surface area (Å²) < 4.78 is 88.3. The molecule has 0 spiro atoms. The maximum atomic E-state index is 13.0. The first-order valence-electron chi connectivity index (χ1n) is 5.48. The molecule has 2 rings (SSSR count). The summed E-state index contributed by atoms with van der Waals surface area (Å²) in [6.45, 7) is 0. The first-order chi connectivity index (χ1) is 10.1. The highest BCUT2D eigenvalue weighted by atomic mass is 32.2. The lowest BCUT2D eigenvalue weighted by Gasteiger charge is -2.08. The van der Waals surface area contributed by atoms with Gasteiger partial charge in [-0.3, -0.25) is 4.72 Å². The van der Waals surface area contributed by atoms with E-state index in [4.69, 9.17) is 0 Å². The van der Waals surface area contributed by atoms with E-state index >= 15 is 0 Å². The Bertz CT molecular complexity index is 770. The second-order valence-electron chi connectivity index (χ2n) is 4.01. The minimum absolute atomic E-state index is 0.469. The minimum atomic E-state index is -4.73. The molecule has 1 aromatic heterocycles. The molecule has 0 bridgehead atoms. The summed E-state index contributed by atoms with van der Waals surface area (Å²) in [6, 6.07) is 2.79. The number of halogens is 5. The summed E-state index contributed by atoms with van der Waals surface area (Å²) in [5.41, 5.74) is -1.31. The smallest absolute Gasteiger partial charge is 0.262 e. The summed E-state index contributed by atoms with van der Waals surface area (Å²) in [4.78, 5) is -0.744. The normalized spacial score (nSPS) is 12.2. The number of hydrogen-bond acceptors (Lipinski definition) is 4. The van der Waals surface area contributed by atoms with E-state index in [0.717, 1.165) is 6.07 Å². The van der Waals surface area contributed by atoms with Crippen molar-refractivity contribution in [3.8, 4) is 0 Å². The third-order valence-corrected chi connectivity index (χ3v) is 3.67. The van der Waals surface area contributed by atoms with Crippen molar-refractivity contribution >= 4 is 15.8 Å². The van der Waals surface area contributed by atoms with Crippen LogP contribution in [-0.4, -0.2) is 18.6 Å². The first-order valence-corrected chi connectivity index (χ1v) is 6.96. The topological polar surface area (TPSA) is 72.0 Å². The molecule has 0 fully saturated rings. The standard InChI is InChI=1S/C11H6F5N3O2S/c12-6-3-7(13)5-8(4-6)22(20,21)19-10-2-1-9(17-18-10)11(14,15)16/h1-5H,(H,18,19). The zero-order valence-electron chi connectivity index (χ0n) is 10.4. The van der Waals surface area contributed by atoms with Gasteiger partial charge in [-0.15, -0.1) is 10.2 Å². The van der Waals surface area contributed by atoms with Crippen molar-refractivity contribution in [2.45, 2.75) is 11.1 Å². The van der Waals surface area contributed by atoms with Crippen LogP contribution in [-0.2, 0) is 16.2 Å². The van der Waals surface area contributed by atoms with Gasteiger partial charge in [0, 0.05) is 6.07 Å². The third-order valence-electron chi connectivity index (χ3n) is 2.34. The van der Waals surface area contributed by atoms with E-state index in [9.17, 15) is 30.4 Å². The van der Waals surface area contributed by atoms with E-state index in [1.165, 1.54) is 0 Å². The average molecular weight is 339 g/mol. The van der Waals surface area contributed by atoms with E-state index in [1.807, 2.05) is 0 Å². The molecule has 0 radical (unpaired) electrons. The third kappa shape index (κ3) is 3.67. The monoisotopic (exact) mass is 339 g/mol. The largest absolute Gasteiger partial charge is 0.435 e. The van der Waals surface area contributed by atoms with Crippen molar-refractivity contribution in [3.05, 3.63) is 47.7 Å². The number of aromatic nitrogens is 2. The van der Waals surface area contributed by atoms with Gasteiger partial charge in [-0.05, 0) is 24.3 Å². The summed E-state index contributed by atoms with van der Waals surface area (Å²) in [5, 5.41) is 5.87. The lowest BCUT2D eigenvalue weighted by Crippen LogP contribution is -2.16. The molecule has 0 saturated heterocycles. The zero-order valence-corrected chi connectivity index (χ0v) is 11.2. The van der Waals surface area contributed by atoms with E-state index < -0.39 is 44.2 Å². The molecule has 0 aliphatic rings. The number of nitrogens with one attached hydrogen (secondary N) is 1. The first kappa shape index (κ1) is 16.1. The Morgan fingerprint density at radius 3 is 2.00 bits per heavy atom. The molecule has 0 amide bonds. The highest BCUT2D eigenvalue weighted by Gasteiger charge is 2.33. The van der Waals surface area contributed by atoms with Crippen molar-refractivity contribution in [2.24, 2.45) is 0 Å². The predicted octanol–water partition coefficient (Wildman–Crippen LogP) is 2.57. The molecular formula is C11H6F5N3O2S. The highest BCUT2D eigenvalue weighted by Crippen LogP contribution is 2.27. The molecule has 118 valence electrons. The van der Waals surface area contributed by atoms with Crippen LogP contribution >= 0.6 is 0 Å². The van der Waals surface area contributed by atoms with Gasteiger partial charge in [-0.25, -0.2) is 17.2 Å². The van der Waals surface area contributed by atoms with E-state index in [2.05, 4.69) is 10.2 Å². The number of sulfonamides is 1. The van der Waals surface area contributed by atoms with Crippen LogP contribution in [0.15, 0.2) is 35.2 Å². The molecule has 22 heavy (non-hydrogen) atoms. The number of rotatable bonds is 3. The van der Waals surface area contributed by atoms with E-state index in [0.29, 0.717) is 24.3 Å². The number of alkyl halides is 3. The maximum absolute atomic E-state index is 13.0. The van der Waals surface area contributed by atoms with Crippen LogP contribution in [0, 0.1) is 11.6 Å². The fraction of sp³-hybridized carbons (Fsp3) is 0.0909. The average Bonchev–Trinajstić information content (AvgIpc) is 2.36. The Kier molecular flexibility index (Phi) is 4.00. The van der Waals surface area contributed by atoms with Crippen LogP contribution in [0.1, 0.15) is 5.69 Å². The van der Waals surface area contributed by atoms with Crippen molar-refractivity contribution in [3.63, 3.8) is 0 Å². The van der Waals surface area contributed by atoms with Gasteiger partial charge in [-0.2, -0.15) is 13.2 Å². The van der Waals surface area contributed by atoms with Crippen LogP contribution in [0.4, 0.5) is 27.8 Å². The van der Waals surface area contributed by atoms with Crippen molar-refractivity contribution in [1.82, 2.24) is 10.2 Å². The fourth-order valence-electron chi connectivity index (χ4n) is 1.42. The molecule has 0 aliphatic heterocycles. The fourth-order valence-corrected chi connectivity index (χ4v) is 2.46. The van der Waals surface area contributed by atoms with Crippen LogP contribution in [0.3, 0.4) is 0 Å². The second kappa shape index (κ2) is 5.48. The summed E-state index contributed by atoms with van der Waals surface area (Å²) >= 11 is 0. The molecule has 1 aromatic carbocycles. The molecule has 0 aliphatic carbocycles. The Morgan fingerprint density at radius 2 is 1.55 bits per heavy atom. The number of benzene rings is 1. The van der Waals surface area contributed by atoms with Gasteiger partial charge in [0.1, 0.15) is 11.6 Å². The van der Waals surface area contributed by atoms with Crippen molar-refractivity contribution in [1.29, 1.82) is 0 Å². The lowest BCUT2D eigenvalue weighted by molar-refractivity contribution is -0.141. The number of hydrogen-bond donors (Lipinski definition) is 1. The molecule has 5 nitrogen and oxygen atoms in total. The van der Waals surface area contributed by atoms with Gasteiger partial charge in [-0.1, -0.05) is 0 Å². The Balaban J connectivity index is 2.29. The summed E-state index contributed by atoms with van der Waals surface area (Å²) in [7, 11) is -4.42. The predicted molar refractivity (Wildman–Crippen MR) is 64.2 cm³/mol. The van der Waals surface area contributed by atoms with Gasteiger partial charge in [0.25, 0.3) is 10.0 Å². The lowest BCUT2D eigenvalue weighted by atomic mass is 10.3. The minimum Gasteiger partial charge on any atom is -0.262 e. The SMILES string of the molecule is O=S(=O)(Nc1ccc(C(F)(F)F)nn1)c1cc(F)cc(F)c1. The van der Waals surface area contributed by atoms with Crippen molar-refractivity contribution < 1.29 is 30.4 Å². The molecule has 1 N–H and O–H groups in total. The van der Waals surface area contributed by atoms with Crippen LogP contribution in [0.5, 0.6) is 0 Å². The molecule has 1 heterocycles. The van der Waals surface area contributed by atoms with Gasteiger partial charge in [0.2, 0.25) is 0 Å². The van der Waals surface area contributed by atoms with Gasteiger partial charge in [0.05, 0.1) is 4.90 Å². The highest BCUT2D eigenvalue weighted by molar-refractivity contribution is 7.92. The van der Waals surface area contributed by atoms with Gasteiger partial charge in [0.15, 0.2) is 11.5 Å². The molecular weight excluding hydrogens is 333 g/mol. The number of anilines is 1. The molecule has 0 atom stereocenters. The second-order valence-corrected chi connectivity index (χ2v) is 5.69. The maximum Gasteiger partial charge on any atom is 0.435 e. The molecule has 0 saturated carbocycles. The summed E-state index contributed by atoms with van der Waals surface area (Å²) in [6.07, 6.45) is -4.73.